The van der Waals surface area contributed by atoms with Crippen molar-refractivity contribution in [3.63, 3.8) is 0 Å². The zero-order valence-electron chi connectivity index (χ0n) is 14.3. The third-order valence-corrected chi connectivity index (χ3v) is 6.37. The van der Waals surface area contributed by atoms with Crippen molar-refractivity contribution in [2.24, 2.45) is 17.8 Å². The molecule has 1 aromatic carbocycles. The molecule has 1 aromatic rings. The quantitative estimate of drug-likeness (QED) is 0.801. The molecule has 4 fully saturated rings. The van der Waals surface area contributed by atoms with E-state index in [4.69, 9.17) is 9.84 Å². The van der Waals surface area contributed by atoms with Crippen LogP contribution in [0.5, 0.6) is 5.75 Å². The molecule has 0 amide bonds. The minimum atomic E-state index is -0.919. The van der Waals surface area contributed by atoms with Gasteiger partial charge in [0.05, 0.1) is 6.61 Å². The van der Waals surface area contributed by atoms with Crippen molar-refractivity contribution >= 4 is 12.0 Å². The van der Waals surface area contributed by atoms with Crippen LogP contribution >= 0.6 is 0 Å². The highest BCUT2D eigenvalue weighted by molar-refractivity contribution is 5.86. The minimum absolute atomic E-state index is 0.325. The lowest BCUT2D eigenvalue weighted by molar-refractivity contribution is -0.131. The van der Waals surface area contributed by atoms with Crippen LogP contribution in [0.1, 0.15) is 56.6 Å². The second kappa shape index (κ2) is 5.94. The molecule has 0 spiro atoms. The van der Waals surface area contributed by atoms with E-state index in [-0.39, 0.29) is 0 Å². The number of aliphatic carboxylic acids is 1. The summed E-state index contributed by atoms with van der Waals surface area (Å²) in [6.45, 7) is 2.54. The molecule has 4 bridgehead atoms. The standard InChI is InChI=1S/C21H26O3/c1-2-24-19-5-4-18(10-17(19)3-6-20(22)23)21-11-14-7-15(12-21)9-16(8-14)13-21/h3-6,10,14-16H,2,7-9,11-13H2,1H3,(H,22,23)/b6-3+. The van der Waals surface area contributed by atoms with Crippen LogP contribution in [0, 0.1) is 17.8 Å². The van der Waals surface area contributed by atoms with E-state index >= 15 is 0 Å². The number of carboxylic acids is 1. The first-order chi connectivity index (χ1) is 11.6. The molecular weight excluding hydrogens is 300 g/mol. The molecule has 24 heavy (non-hydrogen) atoms. The summed E-state index contributed by atoms with van der Waals surface area (Å²) in [4.78, 5) is 10.9. The second-order valence-electron chi connectivity index (χ2n) is 8.06. The molecule has 0 radical (unpaired) electrons. The maximum absolute atomic E-state index is 10.9. The predicted molar refractivity (Wildman–Crippen MR) is 94.1 cm³/mol. The molecule has 0 aliphatic heterocycles. The number of hydrogen-bond acceptors (Lipinski definition) is 2. The average molecular weight is 326 g/mol. The van der Waals surface area contributed by atoms with Gasteiger partial charge in [-0.15, -0.1) is 0 Å². The Morgan fingerprint density at radius 2 is 1.83 bits per heavy atom. The largest absolute Gasteiger partial charge is 0.493 e. The van der Waals surface area contributed by atoms with Crippen LogP contribution in [-0.4, -0.2) is 17.7 Å². The van der Waals surface area contributed by atoms with Crippen molar-refractivity contribution in [1.29, 1.82) is 0 Å². The van der Waals surface area contributed by atoms with Gasteiger partial charge in [0.1, 0.15) is 5.75 Å². The van der Waals surface area contributed by atoms with E-state index in [9.17, 15) is 4.79 Å². The summed E-state index contributed by atoms with van der Waals surface area (Å²) in [5.41, 5.74) is 2.62. The highest BCUT2D eigenvalue weighted by Crippen LogP contribution is 2.60. The van der Waals surface area contributed by atoms with Gasteiger partial charge in [-0.25, -0.2) is 4.79 Å². The van der Waals surface area contributed by atoms with Crippen molar-refractivity contribution in [2.45, 2.75) is 50.9 Å². The Hall–Kier alpha value is -1.77. The van der Waals surface area contributed by atoms with Gasteiger partial charge in [-0.05, 0) is 92.4 Å². The molecule has 0 heterocycles. The molecule has 0 atom stereocenters. The Labute approximate surface area is 143 Å². The summed E-state index contributed by atoms with van der Waals surface area (Å²) in [7, 11) is 0. The lowest BCUT2D eigenvalue weighted by Gasteiger charge is -2.57. The van der Waals surface area contributed by atoms with Crippen LogP contribution in [0.4, 0.5) is 0 Å². The summed E-state index contributed by atoms with van der Waals surface area (Å²) in [6, 6.07) is 6.47. The van der Waals surface area contributed by atoms with Gasteiger partial charge in [0.25, 0.3) is 0 Å². The molecule has 0 aromatic heterocycles. The summed E-state index contributed by atoms with van der Waals surface area (Å²) in [6.07, 6.45) is 11.1. The highest BCUT2D eigenvalue weighted by Gasteiger charge is 2.51. The molecule has 3 heteroatoms. The van der Waals surface area contributed by atoms with Gasteiger partial charge < -0.3 is 9.84 Å². The number of benzene rings is 1. The molecule has 4 aliphatic rings. The molecule has 5 rings (SSSR count). The smallest absolute Gasteiger partial charge is 0.328 e. The number of ether oxygens (including phenoxy) is 1. The molecule has 0 unspecified atom stereocenters. The zero-order valence-corrected chi connectivity index (χ0v) is 14.3. The fourth-order valence-electron chi connectivity index (χ4n) is 5.92. The molecule has 4 saturated carbocycles. The maximum atomic E-state index is 10.9. The number of carbonyl (C=O) groups is 1. The monoisotopic (exact) mass is 326 g/mol. The summed E-state index contributed by atoms with van der Waals surface area (Å²) in [5.74, 6) is 2.57. The van der Waals surface area contributed by atoms with Crippen molar-refractivity contribution in [2.75, 3.05) is 6.61 Å². The molecule has 1 N–H and O–H groups in total. The maximum Gasteiger partial charge on any atom is 0.328 e. The van der Waals surface area contributed by atoms with Crippen molar-refractivity contribution in [3.8, 4) is 5.75 Å². The fourth-order valence-corrected chi connectivity index (χ4v) is 5.92. The Kier molecular flexibility index (Phi) is 3.90. The molecule has 0 saturated heterocycles. The van der Waals surface area contributed by atoms with E-state index in [1.165, 1.54) is 50.2 Å². The topological polar surface area (TPSA) is 46.5 Å². The SMILES string of the molecule is CCOc1ccc(C23CC4CC(CC(C4)C2)C3)cc1/C=C/C(=O)O. The van der Waals surface area contributed by atoms with Crippen molar-refractivity contribution < 1.29 is 14.6 Å². The Morgan fingerprint density at radius 1 is 1.21 bits per heavy atom. The van der Waals surface area contributed by atoms with Gasteiger partial charge in [0, 0.05) is 11.6 Å². The van der Waals surface area contributed by atoms with Crippen molar-refractivity contribution in [1.82, 2.24) is 0 Å². The molecule has 128 valence electrons. The lowest BCUT2D eigenvalue weighted by Crippen LogP contribution is -2.48. The van der Waals surface area contributed by atoms with Crippen LogP contribution in [-0.2, 0) is 10.2 Å². The Balaban J connectivity index is 1.70. The third-order valence-electron chi connectivity index (χ3n) is 6.37. The van der Waals surface area contributed by atoms with Gasteiger partial charge in [0.2, 0.25) is 0 Å². The van der Waals surface area contributed by atoms with Crippen LogP contribution in [0.15, 0.2) is 24.3 Å². The Morgan fingerprint density at radius 3 is 2.38 bits per heavy atom. The molecule has 4 aliphatic carbocycles. The second-order valence-corrected chi connectivity index (χ2v) is 8.06. The summed E-state index contributed by atoms with van der Waals surface area (Å²) < 4.78 is 5.70. The zero-order chi connectivity index (χ0) is 16.7. The van der Waals surface area contributed by atoms with Gasteiger partial charge in [-0.1, -0.05) is 6.07 Å². The van der Waals surface area contributed by atoms with Crippen molar-refractivity contribution in [3.05, 3.63) is 35.4 Å². The molecule has 3 nitrogen and oxygen atoms in total. The third kappa shape index (κ3) is 2.74. The number of rotatable bonds is 5. The van der Waals surface area contributed by atoms with Crippen LogP contribution in [0.25, 0.3) is 6.08 Å². The van der Waals surface area contributed by atoms with E-state index in [1.807, 2.05) is 13.0 Å². The normalized spacial score (nSPS) is 34.0. The first-order valence-corrected chi connectivity index (χ1v) is 9.26. The van der Waals surface area contributed by atoms with E-state index < -0.39 is 5.97 Å². The summed E-state index contributed by atoms with van der Waals surface area (Å²) >= 11 is 0. The van der Waals surface area contributed by atoms with Crippen LogP contribution in [0.3, 0.4) is 0 Å². The highest BCUT2D eigenvalue weighted by atomic mass is 16.5. The van der Waals surface area contributed by atoms with Gasteiger partial charge >= 0.3 is 5.97 Å². The lowest BCUT2D eigenvalue weighted by atomic mass is 9.48. The van der Waals surface area contributed by atoms with E-state index in [1.54, 1.807) is 6.08 Å². The Bertz CT molecular complexity index is 638. The van der Waals surface area contributed by atoms with Gasteiger partial charge in [0.15, 0.2) is 0 Å². The molecular formula is C21H26O3. The number of carboxylic acid groups (broad SMARTS) is 1. The van der Waals surface area contributed by atoms with Gasteiger partial charge in [-0.2, -0.15) is 0 Å². The summed E-state index contributed by atoms with van der Waals surface area (Å²) in [5, 5.41) is 8.97. The predicted octanol–water partition coefficient (Wildman–Crippen LogP) is 4.65. The van der Waals surface area contributed by atoms with Gasteiger partial charge in [-0.3, -0.25) is 0 Å². The first-order valence-electron chi connectivity index (χ1n) is 9.26. The van der Waals surface area contributed by atoms with E-state index in [0.29, 0.717) is 12.0 Å². The number of hydrogen-bond donors (Lipinski definition) is 1. The fraction of sp³-hybridized carbons (Fsp3) is 0.571. The van der Waals surface area contributed by atoms with Crippen LogP contribution in [0.2, 0.25) is 0 Å². The van der Waals surface area contributed by atoms with E-state index in [2.05, 4.69) is 12.1 Å². The minimum Gasteiger partial charge on any atom is -0.493 e. The first kappa shape index (κ1) is 15.7. The average Bonchev–Trinajstić information content (AvgIpc) is 2.52. The van der Waals surface area contributed by atoms with Crippen LogP contribution < -0.4 is 4.74 Å². The van der Waals surface area contributed by atoms with E-state index in [0.717, 1.165) is 29.1 Å².